The Hall–Kier alpha value is -2.30. The molecule has 1 aromatic carbocycles. The van der Waals surface area contributed by atoms with Gasteiger partial charge in [-0.1, -0.05) is 18.0 Å². The average Bonchev–Trinajstić information content (AvgIpc) is 3.12. The molecule has 5 heteroatoms. The summed E-state index contributed by atoms with van der Waals surface area (Å²) < 4.78 is 5.63. The molecule has 6 rings (SSSR count). The molecule has 2 bridgehead atoms. The van der Waals surface area contributed by atoms with Crippen molar-refractivity contribution in [3.63, 3.8) is 0 Å². The molecule has 3 aromatic rings. The van der Waals surface area contributed by atoms with Crippen LogP contribution in [0.2, 0.25) is 0 Å². The second-order valence-electron chi connectivity index (χ2n) is 6.84. The van der Waals surface area contributed by atoms with Crippen molar-refractivity contribution in [2.24, 2.45) is 11.8 Å². The number of benzene rings is 1. The second-order valence-corrected chi connectivity index (χ2v) is 6.84. The minimum atomic E-state index is 0.462. The van der Waals surface area contributed by atoms with Gasteiger partial charge in [0.15, 0.2) is 0 Å². The molecule has 1 unspecified atom stereocenters. The van der Waals surface area contributed by atoms with Crippen LogP contribution in [-0.2, 0) is 0 Å². The van der Waals surface area contributed by atoms with E-state index in [1.54, 1.807) is 12.4 Å². The zero-order valence-electron chi connectivity index (χ0n) is 12.9. The van der Waals surface area contributed by atoms with Gasteiger partial charge in [0.05, 0.1) is 11.0 Å². The molecule has 5 nitrogen and oxygen atoms in total. The first-order valence-corrected chi connectivity index (χ1v) is 8.41. The summed E-state index contributed by atoms with van der Waals surface area (Å²) >= 11 is 0. The fourth-order valence-corrected chi connectivity index (χ4v) is 4.29. The van der Waals surface area contributed by atoms with Gasteiger partial charge in [0.25, 0.3) is 0 Å². The lowest BCUT2D eigenvalue weighted by atomic mass is 9.65. The van der Waals surface area contributed by atoms with Crippen molar-refractivity contribution in [1.82, 2.24) is 20.1 Å². The van der Waals surface area contributed by atoms with Crippen LogP contribution in [0.4, 0.5) is 0 Å². The maximum absolute atomic E-state index is 5.63. The van der Waals surface area contributed by atoms with Gasteiger partial charge in [-0.3, -0.25) is 9.97 Å². The molecule has 0 saturated heterocycles. The van der Waals surface area contributed by atoms with Crippen LogP contribution < -0.4 is 0 Å². The smallest absolute Gasteiger partial charge is 0.230 e. The summed E-state index contributed by atoms with van der Waals surface area (Å²) in [5.74, 6) is 3.54. The molecule has 3 saturated carbocycles. The van der Waals surface area contributed by atoms with Gasteiger partial charge >= 0.3 is 0 Å². The molecule has 0 radical (unpaired) electrons. The largest absolute Gasteiger partial charge is 0.339 e. The van der Waals surface area contributed by atoms with Gasteiger partial charge in [0, 0.05) is 23.9 Å². The van der Waals surface area contributed by atoms with Gasteiger partial charge in [-0.05, 0) is 49.3 Å². The first-order chi connectivity index (χ1) is 11.4. The molecule has 0 spiro atoms. The number of hydrogen-bond donors (Lipinski definition) is 0. The summed E-state index contributed by atoms with van der Waals surface area (Å²) in [6, 6.07) is 5.92. The third-order valence-electron chi connectivity index (χ3n) is 5.53. The highest BCUT2D eigenvalue weighted by molar-refractivity contribution is 5.79. The van der Waals surface area contributed by atoms with Crippen molar-refractivity contribution < 1.29 is 4.52 Å². The minimum absolute atomic E-state index is 0.462. The predicted octanol–water partition coefficient (Wildman–Crippen LogP) is 3.97. The predicted molar refractivity (Wildman–Crippen MR) is 85.6 cm³/mol. The molecule has 0 aliphatic heterocycles. The van der Waals surface area contributed by atoms with Crippen molar-refractivity contribution in [2.75, 3.05) is 0 Å². The van der Waals surface area contributed by atoms with E-state index in [0.717, 1.165) is 34.3 Å². The molecule has 1 atom stereocenters. The Morgan fingerprint density at radius 2 is 1.78 bits per heavy atom. The molecule has 3 aliphatic carbocycles. The number of nitrogens with zero attached hydrogens (tertiary/aromatic N) is 4. The van der Waals surface area contributed by atoms with Gasteiger partial charge in [-0.2, -0.15) is 4.98 Å². The molecular formula is C18H18N4O. The van der Waals surface area contributed by atoms with E-state index in [-0.39, 0.29) is 0 Å². The van der Waals surface area contributed by atoms with E-state index < -0.39 is 0 Å². The maximum atomic E-state index is 5.63. The van der Waals surface area contributed by atoms with Crippen LogP contribution in [-0.4, -0.2) is 20.1 Å². The highest BCUT2D eigenvalue weighted by Gasteiger charge is 2.39. The lowest BCUT2D eigenvalue weighted by Gasteiger charge is -2.40. The van der Waals surface area contributed by atoms with Crippen LogP contribution in [0, 0.1) is 11.8 Å². The van der Waals surface area contributed by atoms with Gasteiger partial charge < -0.3 is 4.52 Å². The van der Waals surface area contributed by atoms with E-state index in [2.05, 4.69) is 15.1 Å². The Kier molecular flexibility index (Phi) is 2.93. The Bertz CT molecular complexity index is 851. The van der Waals surface area contributed by atoms with Gasteiger partial charge in [0.1, 0.15) is 0 Å². The van der Waals surface area contributed by atoms with Crippen molar-refractivity contribution >= 4 is 11.0 Å². The molecule has 2 heterocycles. The van der Waals surface area contributed by atoms with E-state index in [4.69, 9.17) is 9.51 Å². The van der Waals surface area contributed by atoms with E-state index in [1.165, 1.54) is 32.1 Å². The Morgan fingerprint density at radius 3 is 2.57 bits per heavy atom. The van der Waals surface area contributed by atoms with Crippen molar-refractivity contribution in [3.05, 3.63) is 36.5 Å². The van der Waals surface area contributed by atoms with Gasteiger partial charge in [-0.15, -0.1) is 0 Å². The Labute approximate surface area is 134 Å². The summed E-state index contributed by atoms with van der Waals surface area (Å²) in [4.78, 5) is 13.3. The van der Waals surface area contributed by atoms with Crippen molar-refractivity contribution in [1.29, 1.82) is 0 Å². The summed E-state index contributed by atoms with van der Waals surface area (Å²) in [6.07, 6.45) is 10.0. The molecule has 3 fully saturated rings. The third kappa shape index (κ3) is 2.22. The topological polar surface area (TPSA) is 64.7 Å². The van der Waals surface area contributed by atoms with E-state index in [0.29, 0.717) is 11.7 Å². The zero-order chi connectivity index (χ0) is 15.2. The summed E-state index contributed by atoms with van der Waals surface area (Å²) in [7, 11) is 0. The molecular weight excluding hydrogens is 288 g/mol. The third-order valence-corrected chi connectivity index (χ3v) is 5.53. The zero-order valence-corrected chi connectivity index (χ0v) is 12.9. The second kappa shape index (κ2) is 5.11. The lowest BCUT2D eigenvalue weighted by Crippen LogP contribution is -2.29. The van der Waals surface area contributed by atoms with Crippen LogP contribution in [0.1, 0.15) is 43.9 Å². The highest BCUT2D eigenvalue weighted by Crippen LogP contribution is 2.49. The van der Waals surface area contributed by atoms with Crippen LogP contribution in [0.5, 0.6) is 0 Å². The highest BCUT2D eigenvalue weighted by atomic mass is 16.5. The molecule has 0 amide bonds. The first kappa shape index (κ1) is 13.2. The maximum Gasteiger partial charge on any atom is 0.230 e. The quantitative estimate of drug-likeness (QED) is 0.716. The number of fused-ring (bicyclic) bond motifs is 4. The molecule has 3 aliphatic rings. The standard InChI is InChI=1S/C18H18N4O/c1-3-12-4-2-11(1)9-14(12)18-21-17(22-23-18)13-5-6-15-16(10-13)20-8-7-19-15/h5-8,10-12,14H,1-4,9H2. The lowest BCUT2D eigenvalue weighted by molar-refractivity contribution is 0.123. The van der Waals surface area contributed by atoms with Gasteiger partial charge in [-0.25, -0.2) is 0 Å². The van der Waals surface area contributed by atoms with E-state index in [1.807, 2.05) is 18.2 Å². The van der Waals surface area contributed by atoms with E-state index >= 15 is 0 Å². The molecule has 0 N–H and O–H groups in total. The first-order valence-electron chi connectivity index (χ1n) is 8.41. The van der Waals surface area contributed by atoms with Crippen LogP contribution in [0.15, 0.2) is 35.1 Å². The molecule has 116 valence electrons. The Balaban J connectivity index is 1.48. The normalized spacial score (nSPS) is 26.7. The minimum Gasteiger partial charge on any atom is -0.339 e. The molecule has 2 aromatic heterocycles. The number of hydrogen-bond acceptors (Lipinski definition) is 5. The summed E-state index contributed by atoms with van der Waals surface area (Å²) in [6.45, 7) is 0. The molecule has 23 heavy (non-hydrogen) atoms. The fraction of sp³-hybridized carbons (Fsp3) is 0.444. The van der Waals surface area contributed by atoms with Crippen LogP contribution in [0.3, 0.4) is 0 Å². The van der Waals surface area contributed by atoms with Gasteiger partial charge in [0.2, 0.25) is 11.7 Å². The fourth-order valence-electron chi connectivity index (χ4n) is 4.29. The van der Waals surface area contributed by atoms with Crippen LogP contribution >= 0.6 is 0 Å². The van der Waals surface area contributed by atoms with Crippen molar-refractivity contribution in [3.8, 4) is 11.4 Å². The monoisotopic (exact) mass is 306 g/mol. The average molecular weight is 306 g/mol. The summed E-state index contributed by atoms with van der Waals surface area (Å²) in [5.41, 5.74) is 2.67. The summed E-state index contributed by atoms with van der Waals surface area (Å²) in [5, 5.41) is 4.22. The van der Waals surface area contributed by atoms with Crippen LogP contribution in [0.25, 0.3) is 22.4 Å². The number of aromatic nitrogens is 4. The Morgan fingerprint density at radius 1 is 0.957 bits per heavy atom. The SMILES string of the molecule is c1cnc2cc(-c3noc(C4CC5CCC4CC5)n3)ccc2n1. The van der Waals surface area contributed by atoms with E-state index in [9.17, 15) is 0 Å². The van der Waals surface area contributed by atoms with Crippen molar-refractivity contribution in [2.45, 2.75) is 38.0 Å². The number of rotatable bonds is 2.